The maximum atomic E-state index is 13.9. The molecule has 1 saturated carbocycles. The van der Waals surface area contributed by atoms with Gasteiger partial charge < -0.3 is 24.2 Å². The molecule has 222 valence electrons. The van der Waals surface area contributed by atoms with Crippen LogP contribution in [0.4, 0.5) is 0 Å². The van der Waals surface area contributed by atoms with Crippen molar-refractivity contribution in [3.63, 3.8) is 0 Å². The molecule has 1 aliphatic carbocycles. The Morgan fingerprint density at radius 3 is 2.08 bits per heavy atom. The maximum absolute atomic E-state index is 13.9. The zero-order valence-corrected chi connectivity index (χ0v) is 25.3. The van der Waals surface area contributed by atoms with Crippen molar-refractivity contribution in [1.29, 1.82) is 0 Å². The Labute approximate surface area is 236 Å². The van der Waals surface area contributed by atoms with Gasteiger partial charge in [-0.3, -0.25) is 14.5 Å². The van der Waals surface area contributed by atoms with E-state index < -0.39 is 5.79 Å². The van der Waals surface area contributed by atoms with Gasteiger partial charge in [0.15, 0.2) is 5.79 Å². The predicted octanol–water partition coefficient (Wildman–Crippen LogP) is 3.45. The average molecular weight is 547 g/mol. The minimum Gasteiger partial charge on any atom is -0.349 e. The maximum Gasteiger partial charge on any atom is 0.245 e. The number of carbonyl (C=O) groups excluding carboxylic acids is 2. The van der Waals surface area contributed by atoms with E-state index in [1.807, 2.05) is 16.8 Å². The van der Waals surface area contributed by atoms with Gasteiger partial charge in [-0.25, -0.2) is 0 Å². The Hall–Kier alpha value is -1.22. The van der Waals surface area contributed by atoms with Crippen molar-refractivity contribution in [2.75, 3.05) is 66.1 Å². The summed E-state index contributed by atoms with van der Waals surface area (Å²) in [5.74, 6) is 0.877. The molecule has 0 radical (unpaired) electrons. The lowest BCUT2D eigenvalue weighted by Crippen LogP contribution is -2.63. The van der Waals surface area contributed by atoms with E-state index >= 15 is 0 Å². The van der Waals surface area contributed by atoms with Crippen LogP contribution in [0.1, 0.15) is 79.1 Å². The number of hydrogen-bond donors (Lipinski definition) is 0. The van der Waals surface area contributed by atoms with Gasteiger partial charge >= 0.3 is 0 Å². The third kappa shape index (κ3) is 6.82. The summed E-state index contributed by atoms with van der Waals surface area (Å²) in [5, 5.41) is 0. The number of likely N-dealkylation sites (N-methyl/N-ethyl adjacent to an activating group) is 1. The summed E-state index contributed by atoms with van der Waals surface area (Å²) in [6.07, 6.45) is 8.57. The predicted molar refractivity (Wildman–Crippen MR) is 152 cm³/mol. The molecule has 0 bridgehead atoms. The van der Waals surface area contributed by atoms with E-state index in [0.717, 1.165) is 32.7 Å². The third-order valence-corrected chi connectivity index (χ3v) is 10.2. The molecule has 1 unspecified atom stereocenters. The molecule has 0 aromatic heterocycles. The first-order valence-electron chi connectivity index (χ1n) is 15.9. The number of nitrogens with zero attached hydrogens (tertiary/aromatic N) is 4. The van der Waals surface area contributed by atoms with E-state index in [1.54, 1.807) is 0 Å². The van der Waals surface area contributed by atoms with E-state index in [2.05, 4.69) is 37.5 Å². The molecule has 39 heavy (non-hydrogen) atoms. The highest BCUT2D eigenvalue weighted by molar-refractivity contribution is 5.90. The largest absolute Gasteiger partial charge is 0.349 e. The van der Waals surface area contributed by atoms with Crippen LogP contribution in [0.2, 0.25) is 0 Å². The highest BCUT2D eigenvalue weighted by Crippen LogP contribution is 2.53. The molecule has 2 atom stereocenters. The van der Waals surface area contributed by atoms with Gasteiger partial charge in [0, 0.05) is 51.5 Å². The van der Waals surface area contributed by atoms with Crippen LogP contribution < -0.4 is 0 Å². The van der Waals surface area contributed by atoms with Crippen LogP contribution in [0, 0.1) is 23.2 Å². The third-order valence-electron chi connectivity index (χ3n) is 10.2. The van der Waals surface area contributed by atoms with E-state index in [4.69, 9.17) is 9.47 Å². The minimum absolute atomic E-state index is 0.104. The van der Waals surface area contributed by atoms with E-state index in [-0.39, 0.29) is 23.9 Å². The van der Waals surface area contributed by atoms with Crippen molar-refractivity contribution in [2.24, 2.45) is 23.2 Å². The van der Waals surface area contributed by atoms with Crippen molar-refractivity contribution < 1.29 is 19.1 Å². The number of hydrogen-bond acceptors (Lipinski definition) is 6. The molecule has 0 aromatic rings. The van der Waals surface area contributed by atoms with Gasteiger partial charge in [0.25, 0.3) is 0 Å². The van der Waals surface area contributed by atoms with Crippen LogP contribution in [0.5, 0.6) is 0 Å². The Morgan fingerprint density at radius 2 is 1.51 bits per heavy atom. The molecule has 2 spiro atoms. The summed E-state index contributed by atoms with van der Waals surface area (Å²) in [4.78, 5) is 36.2. The Bertz CT molecular complexity index is 847. The molecule has 8 nitrogen and oxygen atoms in total. The Morgan fingerprint density at radius 1 is 0.872 bits per heavy atom. The van der Waals surface area contributed by atoms with Gasteiger partial charge in [-0.05, 0) is 75.9 Å². The second-order valence-electron chi connectivity index (χ2n) is 14.3. The van der Waals surface area contributed by atoms with Crippen LogP contribution in [0.25, 0.3) is 0 Å². The Kier molecular flexibility index (Phi) is 8.97. The van der Waals surface area contributed by atoms with Gasteiger partial charge in [0.05, 0.1) is 19.3 Å². The molecule has 5 rings (SSSR count). The number of amides is 2. The number of ether oxygens (including phenoxy) is 2. The summed E-state index contributed by atoms with van der Waals surface area (Å²) < 4.78 is 12.8. The highest BCUT2D eigenvalue weighted by atomic mass is 16.7. The van der Waals surface area contributed by atoms with Gasteiger partial charge in [-0.1, -0.05) is 27.7 Å². The van der Waals surface area contributed by atoms with Crippen LogP contribution in [-0.2, 0) is 19.1 Å². The van der Waals surface area contributed by atoms with E-state index in [0.29, 0.717) is 62.1 Å². The molecule has 0 aromatic carbocycles. The molecule has 5 aliphatic rings. The lowest BCUT2D eigenvalue weighted by atomic mass is 9.93. The number of piperidine rings is 2. The fourth-order valence-electron chi connectivity index (χ4n) is 7.31. The summed E-state index contributed by atoms with van der Waals surface area (Å²) >= 11 is 0. The van der Waals surface area contributed by atoms with Gasteiger partial charge in [-0.2, -0.15) is 0 Å². The standard InChI is InChI=1S/C31H54N4O4/c1-23(2)18-26-29(37)35(17-16-32(26)5)27(19-24(3)4)28(36)34-14-10-31(11-15-34)38-21-25(22-39-31)20-33-12-8-30(6-7-30)9-13-33/h23-27H,6-22H2,1-5H3/t26-,27?/m0/s1. The molecule has 4 aliphatic heterocycles. The average Bonchev–Trinajstić information content (AvgIpc) is 3.67. The van der Waals surface area contributed by atoms with Gasteiger partial charge in [0.2, 0.25) is 11.8 Å². The summed E-state index contributed by atoms with van der Waals surface area (Å²) in [6, 6.07) is -0.519. The zero-order chi connectivity index (χ0) is 27.8. The van der Waals surface area contributed by atoms with Crippen LogP contribution >= 0.6 is 0 Å². The fraction of sp³-hybridized carbons (Fsp3) is 0.935. The second-order valence-corrected chi connectivity index (χ2v) is 14.3. The molecule has 4 saturated heterocycles. The van der Waals surface area contributed by atoms with Gasteiger partial charge in [-0.15, -0.1) is 0 Å². The molecule has 2 amide bonds. The molecular weight excluding hydrogens is 492 g/mol. The molecule has 8 heteroatoms. The number of carbonyl (C=O) groups is 2. The monoisotopic (exact) mass is 546 g/mol. The van der Waals surface area contributed by atoms with Crippen LogP contribution in [0.15, 0.2) is 0 Å². The van der Waals surface area contributed by atoms with E-state index in [9.17, 15) is 9.59 Å². The first-order chi connectivity index (χ1) is 18.6. The number of piperazine rings is 1. The van der Waals surface area contributed by atoms with Crippen molar-refractivity contribution in [3.05, 3.63) is 0 Å². The normalized spacial score (nSPS) is 29.1. The summed E-state index contributed by atoms with van der Waals surface area (Å²) in [6.45, 7) is 16.3. The molecule has 0 N–H and O–H groups in total. The first kappa shape index (κ1) is 29.3. The highest BCUT2D eigenvalue weighted by Gasteiger charge is 2.47. The van der Waals surface area contributed by atoms with Crippen molar-refractivity contribution in [3.8, 4) is 0 Å². The van der Waals surface area contributed by atoms with Crippen LogP contribution in [0.3, 0.4) is 0 Å². The topological polar surface area (TPSA) is 65.6 Å². The number of likely N-dealkylation sites (tertiary alicyclic amines) is 2. The first-order valence-corrected chi connectivity index (χ1v) is 15.9. The second kappa shape index (κ2) is 11.9. The van der Waals surface area contributed by atoms with E-state index in [1.165, 1.54) is 38.8 Å². The summed E-state index contributed by atoms with van der Waals surface area (Å²) in [5.41, 5.74) is 0.715. The van der Waals surface area contributed by atoms with Crippen LogP contribution in [-0.4, -0.2) is 115 Å². The molecule has 5 fully saturated rings. The zero-order valence-electron chi connectivity index (χ0n) is 25.3. The SMILES string of the molecule is CC(C)CC(C(=O)N1CCC2(CC1)OCC(CN1CCC3(CC1)CC3)CO2)N1CCN(C)[C@@H](CC(C)C)C1=O. The van der Waals surface area contributed by atoms with Gasteiger partial charge in [0.1, 0.15) is 6.04 Å². The quantitative estimate of drug-likeness (QED) is 0.465. The smallest absolute Gasteiger partial charge is 0.245 e. The Balaban J connectivity index is 1.13. The van der Waals surface area contributed by atoms with Crippen molar-refractivity contribution >= 4 is 11.8 Å². The molecular formula is C31H54N4O4. The lowest BCUT2D eigenvalue weighted by Gasteiger charge is -2.48. The van der Waals surface area contributed by atoms with Crippen molar-refractivity contribution in [2.45, 2.75) is 96.9 Å². The molecule has 4 heterocycles. The van der Waals surface area contributed by atoms with Crippen molar-refractivity contribution in [1.82, 2.24) is 19.6 Å². The minimum atomic E-state index is -0.549. The summed E-state index contributed by atoms with van der Waals surface area (Å²) in [7, 11) is 2.04. The fourth-order valence-corrected chi connectivity index (χ4v) is 7.31. The lowest BCUT2D eigenvalue weighted by molar-refractivity contribution is -0.298. The number of rotatable bonds is 8.